The van der Waals surface area contributed by atoms with E-state index in [4.69, 9.17) is 14.2 Å². The van der Waals surface area contributed by atoms with E-state index in [9.17, 15) is 18.0 Å². The summed E-state index contributed by atoms with van der Waals surface area (Å²) in [5.41, 5.74) is 2.30. The first kappa shape index (κ1) is 24.6. The monoisotopic (exact) mass is 522 g/mol. The van der Waals surface area contributed by atoms with Crippen molar-refractivity contribution in [3.63, 3.8) is 0 Å². The van der Waals surface area contributed by atoms with Crippen LogP contribution in [0.25, 0.3) is 0 Å². The van der Waals surface area contributed by atoms with E-state index in [1.54, 1.807) is 12.1 Å². The molecular weight excluding hydrogens is 496 g/mol. The number of nitrogens with one attached hydrogen (secondary N) is 2. The molecule has 1 aliphatic heterocycles. The van der Waals surface area contributed by atoms with Gasteiger partial charge in [-0.2, -0.15) is 0 Å². The molecule has 1 atom stereocenters. The van der Waals surface area contributed by atoms with E-state index in [1.807, 2.05) is 18.2 Å². The number of benzene rings is 3. The normalized spacial score (nSPS) is 16.3. The Balaban J connectivity index is 1.24. The number of rotatable bonds is 7. The number of esters is 1. The van der Waals surface area contributed by atoms with Gasteiger partial charge in [0.1, 0.15) is 13.2 Å². The first-order valence-corrected chi connectivity index (χ1v) is 13.4. The van der Waals surface area contributed by atoms with Gasteiger partial charge in [0.25, 0.3) is 15.9 Å². The van der Waals surface area contributed by atoms with Crippen LogP contribution in [-0.4, -0.2) is 40.1 Å². The molecule has 2 N–H and O–H groups in total. The number of carbonyl (C=O) groups is 2. The maximum atomic E-state index is 13.0. The summed E-state index contributed by atoms with van der Waals surface area (Å²) >= 11 is 0. The lowest BCUT2D eigenvalue weighted by atomic mass is 9.88. The molecular formula is C27H26N2O7S. The van der Waals surface area contributed by atoms with Crippen LogP contribution >= 0.6 is 0 Å². The summed E-state index contributed by atoms with van der Waals surface area (Å²) < 4.78 is 44.6. The predicted molar refractivity (Wildman–Crippen MR) is 135 cm³/mol. The van der Waals surface area contributed by atoms with Gasteiger partial charge in [-0.05, 0) is 54.7 Å². The number of hydrogen-bond acceptors (Lipinski definition) is 7. The largest absolute Gasteiger partial charge is 0.486 e. The molecule has 1 amide bonds. The Morgan fingerprint density at radius 1 is 0.946 bits per heavy atom. The minimum absolute atomic E-state index is 0.0144. The summed E-state index contributed by atoms with van der Waals surface area (Å²) in [6.45, 7) is 0.221. The Morgan fingerprint density at radius 3 is 2.57 bits per heavy atom. The highest BCUT2D eigenvalue weighted by Crippen LogP contribution is 2.33. The second-order valence-corrected chi connectivity index (χ2v) is 10.4. The first-order chi connectivity index (χ1) is 17.9. The lowest BCUT2D eigenvalue weighted by Gasteiger charge is -2.26. The second kappa shape index (κ2) is 10.5. The van der Waals surface area contributed by atoms with Crippen LogP contribution in [0.4, 0.5) is 5.69 Å². The quantitative estimate of drug-likeness (QED) is 0.455. The van der Waals surface area contributed by atoms with Crippen molar-refractivity contribution in [1.82, 2.24) is 5.32 Å². The lowest BCUT2D eigenvalue weighted by molar-refractivity contribution is -0.125. The van der Waals surface area contributed by atoms with Gasteiger partial charge < -0.3 is 19.5 Å². The van der Waals surface area contributed by atoms with Gasteiger partial charge in [-0.15, -0.1) is 0 Å². The number of hydrogen-bond donors (Lipinski definition) is 2. The van der Waals surface area contributed by atoms with Crippen LogP contribution in [0.2, 0.25) is 0 Å². The zero-order chi connectivity index (χ0) is 25.8. The number of para-hydroxylation sites is 1. The average Bonchev–Trinajstić information content (AvgIpc) is 2.92. The highest BCUT2D eigenvalue weighted by molar-refractivity contribution is 7.92. The van der Waals surface area contributed by atoms with Gasteiger partial charge in [-0.3, -0.25) is 9.52 Å². The van der Waals surface area contributed by atoms with Gasteiger partial charge in [0.05, 0.1) is 22.2 Å². The summed E-state index contributed by atoms with van der Waals surface area (Å²) in [4.78, 5) is 25.3. The molecule has 10 heteroatoms. The molecule has 0 fully saturated rings. The van der Waals surface area contributed by atoms with Gasteiger partial charge in [0, 0.05) is 6.07 Å². The Hall–Kier alpha value is -4.05. The van der Waals surface area contributed by atoms with Gasteiger partial charge in [0.2, 0.25) is 0 Å². The molecule has 3 aromatic carbocycles. The van der Waals surface area contributed by atoms with Gasteiger partial charge >= 0.3 is 5.97 Å². The standard InChI is InChI=1S/C27H26N2O7S/c30-26(28-22-11-5-7-18-6-1-2-8-20(18)22)17-36-27(31)21-9-3-4-10-23(21)29-37(32,33)19-12-13-24-25(16-19)35-15-14-34-24/h1-4,6,8-10,12-13,16,22,29H,5,7,11,14-15,17H2,(H,28,30)/t22-/m0/s1. The average molecular weight is 523 g/mol. The van der Waals surface area contributed by atoms with Crippen molar-refractivity contribution in [1.29, 1.82) is 0 Å². The van der Waals surface area contributed by atoms with Crippen LogP contribution in [0.1, 0.15) is 40.4 Å². The number of aryl methyl sites for hydroxylation is 1. The molecule has 0 spiro atoms. The fourth-order valence-electron chi connectivity index (χ4n) is 4.49. The molecule has 5 rings (SSSR count). The third-order valence-electron chi connectivity index (χ3n) is 6.25. The van der Waals surface area contributed by atoms with Gasteiger partial charge in [-0.1, -0.05) is 36.4 Å². The zero-order valence-electron chi connectivity index (χ0n) is 19.9. The third kappa shape index (κ3) is 5.54. The van der Waals surface area contributed by atoms with E-state index in [2.05, 4.69) is 16.1 Å². The number of ether oxygens (including phenoxy) is 3. The molecule has 0 radical (unpaired) electrons. The fraction of sp³-hybridized carbons (Fsp3) is 0.259. The van der Waals surface area contributed by atoms with Crippen molar-refractivity contribution in [3.8, 4) is 11.5 Å². The van der Waals surface area contributed by atoms with E-state index in [0.29, 0.717) is 24.7 Å². The van der Waals surface area contributed by atoms with Gasteiger partial charge in [-0.25, -0.2) is 13.2 Å². The van der Waals surface area contributed by atoms with Gasteiger partial charge in [0.15, 0.2) is 18.1 Å². The summed E-state index contributed by atoms with van der Waals surface area (Å²) in [5.74, 6) is -0.457. The van der Waals surface area contributed by atoms with E-state index < -0.39 is 28.5 Å². The molecule has 1 heterocycles. The summed E-state index contributed by atoms with van der Waals surface area (Å²) in [6, 6.07) is 18.2. The molecule has 0 aromatic heterocycles. The highest BCUT2D eigenvalue weighted by atomic mass is 32.2. The summed E-state index contributed by atoms with van der Waals surface area (Å²) in [5, 5.41) is 2.93. The summed E-state index contributed by atoms with van der Waals surface area (Å²) in [7, 11) is -4.05. The van der Waals surface area contributed by atoms with Crippen LogP contribution in [0.3, 0.4) is 0 Å². The Labute approximate surface area is 214 Å². The Morgan fingerprint density at radius 2 is 1.70 bits per heavy atom. The van der Waals surface area contributed by atoms with E-state index >= 15 is 0 Å². The second-order valence-electron chi connectivity index (χ2n) is 8.74. The smallest absolute Gasteiger partial charge is 0.340 e. The lowest BCUT2D eigenvalue weighted by Crippen LogP contribution is -2.34. The molecule has 3 aromatic rings. The molecule has 1 aliphatic carbocycles. The number of anilines is 1. The van der Waals surface area contributed by atoms with Crippen molar-refractivity contribution in [2.24, 2.45) is 0 Å². The first-order valence-electron chi connectivity index (χ1n) is 12.0. The van der Waals surface area contributed by atoms with E-state index in [-0.39, 0.29) is 22.2 Å². The topological polar surface area (TPSA) is 120 Å². The minimum Gasteiger partial charge on any atom is -0.486 e. The maximum absolute atomic E-state index is 13.0. The molecule has 2 aliphatic rings. The van der Waals surface area contributed by atoms with Crippen LogP contribution in [0.5, 0.6) is 11.5 Å². The Bertz CT molecular complexity index is 1440. The molecule has 0 unspecified atom stereocenters. The number of fused-ring (bicyclic) bond motifs is 2. The van der Waals surface area contributed by atoms with Crippen molar-refractivity contribution < 1.29 is 32.2 Å². The zero-order valence-corrected chi connectivity index (χ0v) is 20.8. The highest BCUT2D eigenvalue weighted by Gasteiger charge is 2.24. The molecule has 0 saturated heterocycles. The number of carbonyl (C=O) groups excluding carboxylic acids is 2. The minimum atomic E-state index is -4.05. The molecule has 0 saturated carbocycles. The van der Waals surface area contributed by atoms with Crippen molar-refractivity contribution >= 4 is 27.6 Å². The number of sulfonamides is 1. The molecule has 192 valence electrons. The van der Waals surface area contributed by atoms with Crippen LogP contribution < -0.4 is 19.5 Å². The Kier molecular flexibility index (Phi) is 7.00. The van der Waals surface area contributed by atoms with E-state index in [0.717, 1.165) is 24.8 Å². The van der Waals surface area contributed by atoms with Crippen molar-refractivity contribution in [3.05, 3.63) is 83.4 Å². The van der Waals surface area contributed by atoms with Crippen LogP contribution in [-0.2, 0) is 26.0 Å². The van der Waals surface area contributed by atoms with Crippen molar-refractivity contribution in [2.45, 2.75) is 30.2 Å². The SMILES string of the molecule is O=C(COC(=O)c1ccccc1NS(=O)(=O)c1ccc2c(c1)OCCO2)N[C@H]1CCCc2ccccc21. The maximum Gasteiger partial charge on any atom is 0.340 e. The molecule has 37 heavy (non-hydrogen) atoms. The number of amides is 1. The van der Waals surface area contributed by atoms with Crippen molar-refractivity contribution in [2.75, 3.05) is 24.5 Å². The fourth-order valence-corrected chi connectivity index (χ4v) is 5.59. The van der Waals surface area contributed by atoms with Crippen LogP contribution in [0, 0.1) is 0 Å². The predicted octanol–water partition coefficient (Wildman–Crippen LogP) is 3.61. The summed E-state index contributed by atoms with van der Waals surface area (Å²) in [6.07, 6.45) is 2.73. The van der Waals surface area contributed by atoms with E-state index in [1.165, 1.54) is 35.9 Å². The molecule has 9 nitrogen and oxygen atoms in total. The third-order valence-corrected chi connectivity index (χ3v) is 7.62. The molecule has 0 bridgehead atoms. The van der Waals surface area contributed by atoms with Crippen LogP contribution in [0.15, 0.2) is 71.6 Å².